The van der Waals surface area contributed by atoms with Crippen LogP contribution in [0.1, 0.15) is 24.2 Å². The van der Waals surface area contributed by atoms with Crippen molar-refractivity contribution in [2.75, 3.05) is 26.2 Å². The first-order valence-corrected chi connectivity index (χ1v) is 9.53. The van der Waals surface area contributed by atoms with E-state index in [9.17, 15) is 9.59 Å². The van der Waals surface area contributed by atoms with Gasteiger partial charge in [-0.05, 0) is 12.0 Å². The Bertz CT molecular complexity index is 796. The summed E-state index contributed by atoms with van der Waals surface area (Å²) in [7, 11) is 0. The summed E-state index contributed by atoms with van der Waals surface area (Å²) in [5, 5.41) is 2.68. The molecule has 1 N–H and O–H groups in total. The molecule has 2 amide bonds. The van der Waals surface area contributed by atoms with Crippen molar-refractivity contribution in [1.29, 1.82) is 0 Å². The van der Waals surface area contributed by atoms with Crippen LogP contribution in [-0.4, -0.2) is 63.4 Å². The largest absolute Gasteiger partial charge is 0.344 e. The first-order chi connectivity index (χ1) is 13.2. The fourth-order valence-electron chi connectivity index (χ4n) is 3.69. The predicted molar refractivity (Wildman–Crippen MR) is 101 cm³/mol. The van der Waals surface area contributed by atoms with Gasteiger partial charge in [-0.15, -0.1) is 0 Å². The highest BCUT2D eigenvalue weighted by atomic mass is 16.2. The van der Waals surface area contributed by atoms with Crippen LogP contribution in [0.25, 0.3) is 0 Å². The lowest BCUT2D eigenvalue weighted by Crippen LogP contribution is -2.58. The number of nitrogens with zero attached hydrogens (tertiary/aromatic N) is 4. The molecule has 2 saturated heterocycles. The molecule has 1 aromatic carbocycles. The summed E-state index contributed by atoms with van der Waals surface area (Å²) in [4.78, 5) is 32.3. The molecule has 3 heterocycles. The zero-order valence-electron chi connectivity index (χ0n) is 15.4. The molecule has 0 radical (unpaired) electrons. The molecule has 1 atom stereocenters. The number of rotatable bonds is 5. The van der Waals surface area contributed by atoms with Gasteiger partial charge in [0.1, 0.15) is 11.9 Å². The number of amides is 2. The number of aromatic nitrogens is 2. The van der Waals surface area contributed by atoms with Gasteiger partial charge in [0, 0.05) is 45.1 Å². The molecule has 2 aliphatic heterocycles. The second kappa shape index (κ2) is 7.92. The minimum absolute atomic E-state index is 0.0324. The molecule has 2 aliphatic rings. The van der Waals surface area contributed by atoms with Crippen LogP contribution in [0.2, 0.25) is 0 Å². The molecule has 4 rings (SSSR count). The third kappa shape index (κ3) is 4.19. The summed E-state index contributed by atoms with van der Waals surface area (Å²) in [6, 6.07) is 10.1. The van der Waals surface area contributed by atoms with Gasteiger partial charge in [0.25, 0.3) is 0 Å². The normalized spacial score (nSPS) is 20.7. The van der Waals surface area contributed by atoms with E-state index in [0.717, 1.165) is 45.0 Å². The number of imidazole rings is 1. The summed E-state index contributed by atoms with van der Waals surface area (Å²) in [5.41, 5.74) is 1.26. The summed E-state index contributed by atoms with van der Waals surface area (Å²) in [6.45, 7) is 4.81. The number of carbonyl (C=O) groups excluding carboxylic acids is 2. The van der Waals surface area contributed by atoms with Gasteiger partial charge in [-0.25, -0.2) is 4.98 Å². The molecule has 7 heteroatoms. The van der Waals surface area contributed by atoms with Crippen LogP contribution in [0.15, 0.2) is 42.7 Å². The van der Waals surface area contributed by atoms with Gasteiger partial charge in [-0.3, -0.25) is 14.5 Å². The smallest absolute Gasteiger partial charge is 0.245 e. The van der Waals surface area contributed by atoms with Gasteiger partial charge in [-0.2, -0.15) is 0 Å². The maximum Gasteiger partial charge on any atom is 0.245 e. The molecule has 1 unspecified atom stereocenters. The minimum atomic E-state index is -0.311. The van der Waals surface area contributed by atoms with Crippen LogP contribution in [0.5, 0.6) is 0 Å². The Morgan fingerprint density at radius 2 is 1.93 bits per heavy atom. The van der Waals surface area contributed by atoms with Gasteiger partial charge in [0.05, 0.1) is 13.0 Å². The topological polar surface area (TPSA) is 70.5 Å². The van der Waals surface area contributed by atoms with Crippen LogP contribution >= 0.6 is 0 Å². The second-order valence-electron chi connectivity index (χ2n) is 7.24. The third-order valence-corrected chi connectivity index (χ3v) is 5.29. The third-order valence-electron chi connectivity index (χ3n) is 5.29. The highest BCUT2D eigenvalue weighted by molar-refractivity contribution is 5.97. The first kappa shape index (κ1) is 17.7. The lowest BCUT2D eigenvalue weighted by molar-refractivity contribution is -0.143. The van der Waals surface area contributed by atoms with Gasteiger partial charge in [0.2, 0.25) is 11.8 Å². The van der Waals surface area contributed by atoms with Crippen LogP contribution in [0.4, 0.5) is 0 Å². The molecule has 1 aromatic heterocycles. The summed E-state index contributed by atoms with van der Waals surface area (Å²) < 4.78 is 2.19. The number of β-lactam (4-membered cyclic amide) rings is 1. The van der Waals surface area contributed by atoms with Crippen LogP contribution < -0.4 is 5.32 Å². The van der Waals surface area contributed by atoms with Crippen molar-refractivity contribution in [3.63, 3.8) is 0 Å². The molecule has 0 bridgehead atoms. The summed E-state index contributed by atoms with van der Waals surface area (Å²) in [5.74, 6) is 1.07. The molecule has 0 aliphatic carbocycles. The maximum absolute atomic E-state index is 12.4. The van der Waals surface area contributed by atoms with Crippen LogP contribution in [0, 0.1) is 0 Å². The maximum atomic E-state index is 12.4. The van der Waals surface area contributed by atoms with Crippen molar-refractivity contribution in [2.45, 2.75) is 32.0 Å². The first-order valence-electron chi connectivity index (χ1n) is 9.53. The highest BCUT2D eigenvalue weighted by Gasteiger charge is 2.35. The lowest BCUT2D eigenvalue weighted by atomic mass is 10.1. The number of nitrogens with one attached hydrogen (secondary N) is 1. The number of hydrogen-bond donors (Lipinski definition) is 1. The molecular formula is C20H25N5O2. The van der Waals surface area contributed by atoms with Crippen molar-refractivity contribution < 1.29 is 9.59 Å². The fraction of sp³-hybridized carbons (Fsp3) is 0.450. The van der Waals surface area contributed by atoms with Gasteiger partial charge in [-0.1, -0.05) is 30.3 Å². The minimum Gasteiger partial charge on any atom is -0.344 e. The Hall–Kier alpha value is -2.67. The van der Waals surface area contributed by atoms with Crippen molar-refractivity contribution in [1.82, 2.24) is 24.7 Å². The Morgan fingerprint density at radius 3 is 2.70 bits per heavy atom. The van der Waals surface area contributed by atoms with Gasteiger partial charge < -0.3 is 14.8 Å². The van der Waals surface area contributed by atoms with Gasteiger partial charge in [0.15, 0.2) is 0 Å². The monoisotopic (exact) mass is 367 g/mol. The van der Waals surface area contributed by atoms with E-state index >= 15 is 0 Å². The molecule has 2 aromatic rings. The van der Waals surface area contributed by atoms with Crippen molar-refractivity contribution >= 4 is 11.8 Å². The molecule has 27 heavy (non-hydrogen) atoms. The molecule has 142 valence electrons. The standard InChI is InChI=1S/C20H25N5O2/c26-19-13-17(22-19)20(27)24-9-4-8-23(11-12-24)15-18-21-7-10-25(18)14-16-5-2-1-3-6-16/h1-3,5-7,10,17H,4,8-9,11-15H2,(H,22,26). The van der Waals surface area contributed by atoms with E-state index in [1.807, 2.05) is 23.4 Å². The Balaban J connectivity index is 1.33. The van der Waals surface area contributed by atoms with E-state index < -0.39 is 0 Å². The number of carbonyl (C=O) groups is 2. The molecular weight excluding hydrogens is 342 g/mol. The fourth-order valence-corrected chi connectivity index (χ4v) is 3.69. The highest BCUT2D eigenvalue weighted by Crippen LogP contribution is 2.13. The molecule has 2 fully saturated rings. The quantitative estimate of drug-likeness (QED) is 0.796. The number of benzene rings is 1. The van der Waals surface area contributed by atoms with E-state index in [1.165, 1.54) is 5.56 Å². The van der Waals surface area contributed by atoms with E-state index in [0.29, 0.717) is 13.0 Å². The average molecular weight is 367 g/mol. The molecule has 7 nitrogen and oxygen atoms in total. The SMILES string of the molecule is O=C1CC(C(=O)N2CCCN(Cc3nccn3Cc3ccccc3)CC2)N1. The lowest BCUT2D eigenvalue weighted by Gasteiger charge is -2.31. The van der Waals surface area contributed by atoms with Crippen molar-refractivity contribution in [3.8, 4) is 0 Å². The van der Waals surface area contributed by atoms with E-state index in [2.05, 4.69) is 44.0 Å². The van der Waals surface area contributed by atoms with Crippen LogP contribution in [-0.2, 0) is 22.7 Å². The number of hydrogen-bond acceptors (Lipinski definition) is 4. The second-order valence-corrected chi connectivity index (χ2v) is 7.24. The Kier molecular flexibility index (Phi) is 5.20. The molecule has 0 saturated carbocycles. The van der Waals surface area contributed by atoms with E-state index in [-0.39, 0.29) is 17.9 Å². The zero-order valence-corrected chi connectivity index (χ0v) is 15.4. The van der Waals surface area contributed by atoms with Crippen molar-refractivity contribution in [2.24, 2.45) is 0 Å². The van der Waals surface area contributed by atoms with E-state index in [1.54, 1.807) is 0 Å². The van der Waals surface area contributed by atoms with Crippen LogP contribution in [0.3, 0.4) is 0 Å². The van der Waals surface area contributed by atoms with E-state index in [4.69, 9.17) is 0 Å². The Morgan fingerprint density at radius 1 is 1.11 bits per heavy atom. The summed E-state index contributed by atoms with van der Waals surface area (Å²) in [6.07, 6.45) is 5.14. The van der Waals surface area contributed by atoms with Crippen molar-refractivity contribution in [3.05, 3.63) is 54.1 Å². The summed E-state index contributed by atoms with van der Waals surface area (Å²) >= 11 is 0. The molecule has 0 spiro atoms. The Labute approximate surface area is 159 Å². The average Bonchev–Trinajstić information content (AvgIpc) is 2.94. The van der Waals surface area contributed by atoms with Gasteiger partial charge >= 0.3 is 0 Å². The predicted octanol–water partition coefficient (Wildman–Crippen LogP) is 0.854. The zero-order chi connectivity index (χ0) is 18.6.